The van der Waals surface area contributed by atoms with Gasteiger partial charge >= 0.3 is 17.9 Å². The van der Waals surface area contributed by atoms with Gasteiger partial charge in [-0.25, -0.2) is 4.79 Å². The summed E-state index contributed by atoms with van der Waals surface area (Å²) in [5.74, 6) is 1.34. The highest BCUT2D eigenvalue weighted by Gasteiger charge is 2.47. The van der Waals surface area contributed by atoms with E-state index >= 15 is 0 Å². The summed E-state index contributed by atoms with van der Waals surface area (Å²) in [4.78, 5) is 37.3. The van der Waals surface area contributed by atoms with Crippen LogP contribution < -0.4 is 14.2 Å². The van der Waals surface area contributed by atoms with Gasteiger partial charge in [-0.3, -0.25) is 9.59 Å². The minimum absolute atomic E-state index is 0.00745. The Bertz CT molecular complexity index is 1420. The molecule has 6 rings (SSSR count). The summed E-state index contributed by atoms with van der Waals surface area (Å²) in [6.45, 7) is 3.99. The molecular weight excluding hydrogens is 640 g/mol. The predicted octanol–water partition coefficient (Wildman–Crippen LogP) is 7.31. The summed E-state index contributed by atoms with van der Waals surface area (Å²) in [7, 11) is 0. The SMILES string of the molecule is Cc1cc(OCCCCCCOC(=O)C2CCC3OC3C2)ccc1C(=O)Oc1ccc(OCCCCCCOC(=O)C2CCC3OC3C2)cc1. The number of unbranched alkanes of at least 4 members (excludes halogenated alkanes) is 6. The summed E-state index contributed by atoms with van der Waals surface area (Å²) in [6.07, 6.45) is 14.2. The molecule has 6 atom stereocenters. The molecule has 10 heteroatoms. The topological polar surface area (TPSA) is 122 Å². The Morgan fingerprint density at radius 3 is 1.58 bits per heavy atom. The highest BCUT2D eigenvalue weighted by molar-refractivity contribution is 5.92. The van der Waals surface area contributed by atoms with Crippen molar-refractivity contribution in [3.8, 4) is 17.2 Å². The number of aryl methyl sites for hydroxylation is 1. The van der Waals surface area contributed by atoms with Crippen molar-refractivity contribution in [2.45, 2.75) is 121 Å². The average Bonchev–Trinajstić information content (AvgIpc) is 4.05. The molecule has 272 valence electrons. The lowest BCUT2D eigenvalue weighted by atomic mass is 9.89. The predicted molar refractivity (Wildman–Crippen MR) is 184 cm³/mol. The molecule has 0 N–H and O–H groups in total. The third-order valence-electron chi connectivity index (χ3n) is 10.2. The Kier molecular flexibility index (Phi) is 13.0. The van der Waals surface area contributed by atoms with Gasteiger partial charge in [-0.15, -0.1) is 0 Å². The van der Waals surface area contributed by atoms with E-state index in [9.17, 15) is 14.4 Å². The summed E-state index contributed by atoms with van der Waals surface area (Å²) in [5.41, 5.74) is 1.27. The van der Waals surface area contributed by atoms with Crippen molar-refractivity contribution in [2.24, 2.45) is 11.8 Å². The maximum Gasteiger partial charge on any atom is 0.343 e. The van der Waals surface area contributed by atoms with Crippen LogP contribution in [-0.2, 0) is 28.5 Å². The molecule has 50 heavy (non-hydrogen) atoms. The quantitative estimate of drug-likeness (QED) is 0.0604. The first-order valence-electron chi connectivity index (χ1n) is 18.8. The van der Waals surface area contributed by atoms with E-state index in [1.807, 2.05) is 13.0 Å². The molecule has 2 saturated carbocycles. The number of ether oxygens (including phenoxy) is 7. The molecule has 0 spiro atoms. The van der Waals surface area contributed by atoms with Crippen molar-refractivity contribution in [1.29, 1.82) is 0 Å². The number of hydrogen-bond acceptors (Lipinski definition) is 10. The van der Waals surface area contributed by atoms with Gasteiger partial charge in [-0.1, -0.05) is 0 Å². The molecule has 4 aliphatic rings. The number of esters is 3. The molecule has 0 radical (unpaired) electrons. The van der Waals surface area contributed by atoms with E-state index in [-0.39, 0.29) is 29.9 Å². The third kappa shape index (κ3) is 10.9. The van der Waals surface area contributed by atoms with Gasteiger partial charge in [-0.2, -0.15) is 0 Å². The second-order valence-corrected chi connectivity index (χ2v) is 14.1. The van der Waals surface area contributed by atoms with Crippen LogP contribution >= 0.6 is 0 Å². The molecular formula is C40H52O10. The van der Waals surface area contributed by atoms with E-state index < -0.39 is 5.97 Å². The number of carbonyl (C=O) groups is 3. The smallest absolute Gasteiger partial charge is 0.343 e. The number of rotatable bonds is 20. The number of carbonyl (C=O) groups excluding carboxylic acids is 3. The molecule has 10 nitrogen and oxygen atoms in total. The van der Waals surface area contributed by atoms with Crippen LogP contribution in [0.2, 0.25) is 0 Å². The van der Waals surface area contributed by atoms with Crippen molar-refractivity contribution < 1.29 is 47.5 Å². The number of epoxide rings is 2. The zero-order chi connectivity index (χ0) is 34.7. The van der Waals surface area contributed by atoms with Crippen molar-refractivity contribution in [2.75, 3.05) is 26.4 Å². The molecule has 2 aromatic rings. The normalized spacial score (nSPS) is 24.7. The average molecular weight is 693 g/mol. The van der Waals surface area contributed by atoms with Crippen LogP contribution in [0.15, 0.2) is 42.5 Å². The Labute approximate surface area is 295 Å². The first kappa shape index (κ1) is 36.2. The van der Waals surface area contributed by atoms with E-state index in [0.29, 0.717) is 61.8 Å². The fourth-order valence-electron chi connectivity index (χ4n) is 7.03. The highest BCUT2D eigenvalue weighted by atomic mass is 16.6. The van der Waals surface area contributed by atoms with Crippen LogP contribution in [0.5, 0.6) is 17.2 Å². The fourth-order valence-corrected chi connectivity index (χ4v) is 7.03. The standard InChI is InChI=1S/C40H52O10/c1-27-24-32(45-21-7-3-5-9-23-47-39(42)29-11-19-35-37(26-29)50-35)16-17-33(27)40(43)48-31-14-12-30(13-15-31)44-20-6-2-4-8-22-46-38(41)28-10-18-34-36(25-28)49-34/h12-17,24,28-29,34-37H,2-11,18-23,25-26H2,1H3. The lowest BCUT2D eigenvalue weighted by molar-refractivity contribution is -0.150. The minimum atomic E-state index is -0.424. The molecule has 2 aliphatic carbocycles. The van der Waals surface area contributed by atoms with Gasteiger partial charge < -0.3 is 33.2 Å². The van der Waals surface area contributed by atoms with Crippen LogP contribution in [-0.4, -0.2) is 68.8 Å². The first-order valence-corrected chi connectivity index (χ1v) is 18.8. The monoisotopic (exact) mass is 692 g/mol. The summed E-state index contributed by atoms with van der Waals surface area (Å²) in [6, 6.07) is 12.4. The molecule has 0 bridgehead atoms. The molecule has 2 saturated heterocycles. The molecule has 4 fully saturated rings. The number of hydrogen-bond donors (Lipinski definition) is 0. The molecule has 0 aromatic heterocycles. The van der Waals surface area contributed by atoms with Gasteiger partial charge in [-0.05, 0) is 145 Å². The zero-order valence-corrected chi connectivity index (χ0v) is 29.3. The Morgan fingerprint density at radius 2 is 1.06 bits per heavy atom. The van der Waals surface area contributed by atoms with Gasteiger partial charge in [0, 0.05) is 0 Å². The van der Waals surface area contributed by atoms with Crippen molar-refractivity contribution in [3.63, 3.8) is 0 Å². The van der Waals surface area contributed by atoms with E-state index in [1.54, 1.807) is 36.4 Å². The Hall–Kier alpha value is -3.63. The highest BCUT2D eigenvalue weighted by Crippen LogP contribution is 2.40. The van der Waals surface area contributed by atoms with Gasteiger partial charge in [0.2, 0.25) is 0 Å². The van der Waals surface area contributed by atoms with Gasteiger partial charge in [0.1, 0.15) is 17.2 Å². The maximum absolute atomic E-state index is 12.9. The van der Waals surface area contributed by atoms with Crippen LogP contribution in [0.25, 0.3) is 0 Å². The minimum Gasteiger partial charge on any atom is -0.494 e. The van der Waals surface area contributed by atoms with Gasteiger partial charge in [0.15, 0.2) is 0 Å². The lowest BCUT2D eigenvalue weighted by Gasteiger charge is -2.17. The molecule has 2 aromatic carbocycles. The number of benzene rings is 2. The third-order valence-corrected chi connectivity index (χ3v) is 10.2. The van der Waals surface area contributed by atoms with Crippen LogP contribution in [0.1, 0.15) is 106 Å². The van der Waals surface area contributed by atoms with E-state index in [4.69, 9.17) is 33.2 Å². The number of fused-ring (bicyclic) bond motifs is 2. The Balaban J connectivity index is 0.776. The van der Waals surface area contributed by atoms with Gasteiger partial charge in [0.05, 0.1) is 68.2 Å². The van der Waals surface area contributed by atoms with Crippen molar-refractivity contribution >= 4 is 17.9 Å². The Morgan fingerprint density at radius 1 is 0.580 bits per heavy atom. The zero-order valence-electron chi connectivity index (χ0n) is 29.3. The lowest BCUT2D eigenvalue weighted by Crippen LogP contribution is -2.24. The maximum atomic E-state index is 12.9. The largest absolute Gasteiger partial charge is 0.494 e. The summed E-state index contributed by atoms with van der Waals surface area (Å²) in [5, 5.41) is 0. The molecule has 2 aliphatic heterocycles. The van der Waals surface area contributed by atoms with Crippen LogP contribution in [0.3, 0.4) is 0 Å². The summed E-state index contributed by atoms with van der Waals surface area (Å²) < 4.78 is 39.3. The molecule has 2 heterocycles. The van der Waals surface area contributed by atoms with Crippen molar-refractivity contribution in [3.05, 3.63) is 53.6 Å². The fraction of sp³-hybridized carbons (Fsp3) is 0.625. The van der Waals surface area contributed by atoms with E-state index in [2.05, 4.69) is 0 Å². The van der Waals surface area contributed by atoms with Crippen molar-refractivity contribution in [1.82, 2.24) is 0 Å². The second kappa shape index (κ2) is 18.0. The van der Waals surface area contributed by atoms with Gasteiger partial charge in [0.25, 0.3) is 0 Å². The van der Waals surface area contributed by atoms with E-state index in [1.165, 1.54) is 0 Å². The van der Waals surface area contributed by atoms with Crippen LogP contribution in [0, 0.1) is 18.8 Å². The molecule has 0 amide bonds. The van der Waals surface area contributed by atoms with E-state index in [0.717, 1.165) is 101 Å². The first-order chi connectivity index (χ1) is 24.4. The summed E-state index contributed by atoms with van der Waals surface area (Å²) >= 11 is 0. The molecule has 6 unspecified atom stereocenters. The second-order valence-electron chi connectivity index (χ2n) is 14.1. The van der Waals surface area contributed by atoms with Crippen LogP contribution in [0.4, 0.5) is 0 Å².